The molecule has 0 amide bonds. The molecule has 0 saturated heterocycles. The van der Waals surface area contributed by atoms with Crippen LogP contribution in [0.25, 0.3) is 0 Å². The average Bonchev–Trinajstić information content (AvgIpc) is 2.39. The number of halogens is 1. The molecule has 0 aliphatic rings. The van der Waals surface area contributed by atoms with Gasteiger partial charge in [0.15, 0.2) is 0 Å². The number of hydrogen-bond donors (Lipinski definition) is 0. The average molecular weight is 264 g/mol. The standard InChI is InChI=1S/C14H17N3.ClH/c1-17(12-13-5-3-2-4-6-13)10-7-14-11-15-8-9-16-14;/h2-6,8-9,11H,7,10,12H2,1H3;1H. The summed E-state index contributed by atoms with van der Waals surface area (Å²) in [7, 11) is 2.13. The van der Waals surface area contributed by atoms with Crippen molar-refractivity contribution in [1.29, 1.82) is 0 Å². The van der Waals surface area contributed by atoms with Crippen molar-refractivity contribution in [1.82, 2.24) is 14.9 Å². The fourth-order valence-electron chi connectivity index (χ4n) is 1.74. The van der Waals surface area contributed by atoms with Crippen LogP contribution in [-0.2, 0) is 13.0 Å². The molecule has 0 bridgehead atoms. The lowest BCUT2D eigenvalue weighted by atomic mass is 10.2. The van der Waals surface area contributed by atoms with E-state index < -0.39 is 0 Å². The second-order valence-electron chi connectivity index (χ2n) is 4.17. The highest BCUT2D eigenvalue weighted by molar-refractivity contribution is 5.85. The van der Waals surface area contributed by atoms with Crippen molar-refractivity contribution < 1.29 is 0 Å². The Morgan fingerprint density at radius 2 is 1.89 bits per heavy atom. The third-order valence-corrected chi connectivity index (χ3v) is 2.66. The van der Waals surface area contributed by atoms with Gasteiger partial charge in [-0.1, -0.05) is 30.3 Å². The maximum absolute atomic E-state index is 4.27. The van der Waals surface area contributed by atoms with Crippen LogP contribution >= 0.6 is 12.4 Å². The normalized spacial score (nSPS) is 10.1. The van der Waals surface area contributed by atoms with Crippen LogP contribution in [-0.4, -0.2) is 28.5 Å². The Bertz CT molecular complexity index is 433. The molecular formula is C14H18ClN3. The van der Waals surface area contributed by atoms with Crippen molar-refractivity contribution in [3.05, 3.63) is 60.2 Å². The largest absolute Gasteiger partial charge is 0.302 e. The van der Waals surface area contributed by atoms with Crippen LogP contribution in [0.1, 0.15) is 11.3 Å². The molecule has 0 aliphatic carbocycles. The molecule has 18 heavy (non-hydrogen) atoms. The number of hydrogen-bond acceptors (Lipinski definition) is 3. The molecule has 3 nitrogen and oxygen atoms in total. The van der Waals surface area contributed by atoms with Gasteiger partial charge in [-0.15, -0.1) is 12.4 Å². The lowest BCUT2D eigenvalue weighted by Crippen LogP contribution is -2.21. The topological polar surface area (TPSA) is 29.0 Å². The zero-order chi connectivity index (χ0) is 11.9. The minimum atomic E-state index is 0. The van der Waals surface area contributed by atoms with E-state index in [1.54, 1.807) is 12.4 Å². The Morgan fingerprint density at radius 1 is 1.11 bits per heavy atom. The third-order valence-electron chi connectivity index (χ3n) is 2.66. The van der Waals surface area contributed by atoms with E-state index in [0.29, 0.717) is 0 Å². The molecule has 1 aromatic heterocycles. The van der Waals surface area contributed by atoms with Gasteiger partial charge in [-0.25, -0.2) is 0 Å². The van der Waals surface area contributed by atoms with Crippen LogP contribution in [0, 0.1) is 0 Å². The van der Waals surface area contributed by atoms with Gasteiger partial charge in [-0.05, 0) is 12.6 Å². The first kappa shape index (κ1) is 14.6. The van der Waals surface area contributed by atoms with Gasteiger partial charge in [0, 0.05) is 38.1 Å². The zero-order valence-electron chi connectivity index (χ0n) is 10.5. The fourth-order valence-corrected chi connectivity index (χ4v) is 1.74. The van der Waals surface area contributed by atoms with Gasteiger partial charge in [-0.3, -0.25) is 9.97 Å². The molecule has 1 aromatic carbocycles. The summed E-state index contributed by atoms with van der Waals surface area (Å²) in [4.78, 5) is 10.6. The van der Waals surface area contributed by atoms with Crippen LogP contribution in [0.3, 0.4) is 0 Å². The molecule has 2 aromatic rings. The lowest BCUT2D eigenvalue weighted by Gasteiger charge is -2.16. The maximum Gasteiger partial charge on any atom is 0.0599 e. The van der Waals surface area contributed by atoms with Crippen molar-refractivity contribution in [3.63, 3.8) is 0 Å². The number of benzene rings is 1. The smallest absolute Gasteiger partial charge is 0.0599 e. The van der Waals surface area contributed by atoms with Crippen molar-refractivity contribution in [2.75, 3.05) is 13.6 Å². The van der Waals surface area contributed by atoms with E-state index in [-0.39, 0.29) is 12.4 Å². The summed E-state index contributed by atoms with van der Waals surface area (Å²) in [6.07, 6.45) is 6.22. The van der Waals surface area contributed by atoms with Gasteiger partial charge in [0.2, 0.25) is 0 Å². The number of aromatic nitrogens is 2. The molecule has 0 fully saturated rings. The molecule has 4 heteroatoms. The predicted molar refractivity (Wildman–Crippen MR) is 75.8 cm³/mol. The minimum absolute atomic E-state index is 0. The molecule has 0 unspecified atom stereocenters. The van der Waals surface area contributed by atoms with Gasteiger partial charge < -0.3 is 4.90 Å². The van der Waals surface area contributed by atoms with Crippen molar-refractivity contribution in [3.8, 4) is 0 Å². The van der Waals surface area contributed by atoms with Crippen LogP contribution in [0.5, 0.6) is 0 Å². The van der Waals surface area contributed by atoms with E-state index in [1.165, 1.54) is 5.56 Å². The highest BCUT2D eigenvalue weighted by atomic mass is 35.5. The van der Waals surface area contributed by atoms with E-state index in [0.717, 1.165) is 25.2 Å². The van der Waals surface area contributed by atoms with E-state index >= 15 is 0 Å². The van der Waals surface area contributed by atoms with Crippen molar-refractivity contribution in [2.24, 2.45) is 0 Å². The quantitative estimate of drug-likeness (QED) is 0.830. The summed E-state index contributed by atoms with van der Waals surface area (Å²) in [5.74, 6) is 0. The van der Waals surface area contributed by atoms with E-state index in [4.69, 9.17) is 0 Å². The predicted octanol–water partition coefficient (Wildman–Crippen LogP) is 2.57. The highest BCUT2D eigenvalue weighted by Crippen LogP contribution is 2.03. The SMILES string of the molecule is CN(CCc1cnccn1)Cc1ccccc1.Cl. The van der Waals surface area contributed by atoms with Crippen LogP contribution in [0.4, 0.5) is 0 Å². The molecule has 1 heterocycles. The monoisotopic (exact) mass is 263 g/mol. The van der Waals surface area contributed by atoms with E-state index in [9.17, 15) is 0 Å². The van der Waals surface area contributed by atoms with Crippen molar-refractivity contribution in [2.45, 2.75) is 13.0 Å². The fraction of sp³-hybridized carbons (Fsp3) is 0.286. The van der Waals surface area contributed by atoms with Gasteiger partial charge >= 0.3 is 0 Å². The van der Waals surface area contributed by atoms with Crippen LogP contribution < -0.4 is 0 Å². The highest BCUT2D eigenvalue weighted by Gasteiger charge is 2.01. The molecule has 2 rings (SSSR count). The third kappa shape index (κ3) is 4.82. The lowest BCUT2D eigenvalue weighted by molar-refractivity contribution is 0.330. The summed E-state index contributed by atoms with van der Waals surface area (Å²) in [6.45, 7) is 1.97. The van der Waals surface area contributed by atoms with Gasteiger partial charge in [-0.2, -0.15) is 0 Å². The van der Waals surface area contributed by atoms with Gasteiger partial charge in [0.25, 0.3) is 0 Å². The van der Waals surface area contributed by atoms with E-state index in [2.05, 4.69) is 46.2 Å². The first-order valence-electron chi connectivity index (χ1n) is 5.82. The Kier molecular flexibility index (Phi) is 6.33. The van der Waals surface area contributed by atoms with Crippen LogP contribution in [0.2, 0.25) is 0 Å². The maximum atomic E-state index is 4.27. The summed E-state index contributed by atoms with van der Waals surface area (Å²) >= 11 is 0. The summed E-state index contributed by atoms with van der Waals surface area (Å²) < 4.78 is 0. The number of likely N-dealkylation sites (N-methyl/N-ethyl adjacent to an activating group) is 1. The zero-order valence-corrected chi connectivity index (χ0v) is 11.3. The minimum Gasteiger partial charge on any atom is -0.302 e. The van der Waals surface area contributed by atoms with Gasteiger partial charge in [0.1, 0.15) is 0 Å². The molecule has 96 valence electrons. The number of nitrogens with zero attached hydrogens (tertiary/aromatic N) is 3. The van der Waals surface area contributed by atoms with E-state index in [1.807, 2.05) is 12.3 Å². The first-order chi connectivity index (χ1) is 8.34. The Labute approximate surface area is 114 Å². The number of rotatable bonds is 5. The molecule has 0 atom stereocenters. The second kappa shape index (κ2) is 7.80. The molecule has 0 saturated carbocycles. The first-order valence-corrected chi connectivity index (χ1v) is 5.82. The summed E-state index contributed by atoms with van der Waals surface area (Å²) in [5, 5.41) is 0. The second-order valence-corrected chi connectivity index (χ2v) is 4.17. The molecule has 0 N–H and O–H groups in total. The van der Waals surface area contributed by atoms with Gasteiger partial charge in [0.05, 0.1) is 5.69 Å². The Morgan fingerprint density at radius 3 is 2.56 bits per heavy atom. The molecular weight excluding hydrogens is 246 g/mol. The summed E-state index contributed by atoms with van der Waals surface area (Å²) in [5.41, 5.74) is 2.39. The molecule has 0 spiro atoms. The molecule has 0 aliphatic heterocycles. The Hall–Kier alpha value is -1.45. The molecule has 0 radical (unpaired) electrons. The van der Waals surface area contributed by atoms with Crippen LogP contribution in [0.15, 0.2) is 48.9 Å². The summed E-state index contributed by atoms with van der Waals surface area (Å²) in [6, 6.07) is 10.5. The Balaban J connectivity index is 0.00000162. The van der Waals surface area contributed by atoms with Crippen molar-refractivity contribution >= 4 is 12.4 Å².